The number of aliphatic imine (C=N–C) groups is 1. The van der Waals surface area contributed by atoms with Crippen LogP contribution in [0.4, 0.5) is 8.78 Å². The Morgan fingerprint density at radius 2 is 2.00 bits per heavy atom. The van der Waals surface area contributed by atoms with Gasteiger partial charge in [0.15, 0.2) is 5.96 Å². The van der Waals surface area contributed by atoms with Crippen LogP contribution >= 0.6 is 24.0 Å². The van der Waals surface area contributed by atoms with Crippen molar-refractivity contribution < 1.29 is 13.9 Å². The lowest BCUT2D eigenvalue weighted by Crippen LogP contribution is -2.49. The van der Waals surface area contributed by atoms with E-state index < -0.39 is 6.43 Å². The number of aliphatic hydroxyl groups excluding tert-OH is 1. The number of hydrogen-bond acceptors (Lipinski definition) is 3. The van der Waals surface area contributed by atoms with Gasteiger partial charge in [-0.3, -0.25) is 9.89 Å². The quantitative estimate of drug-likeness (QED) is 0.323. The Kier molecular flexibility index (Phi) is 12.1. The van der Waals surface area contributed by atoms with Crippen LogP contribution in [0.25, 0.3) is 0 Å². The molecule has 1 fully saturated rings. The molecule has 0 aromatic carbocycles. The summed E-state index contributed by atoms with van der Waals surface area (Å²) in [6, 6.07) is 0.265. The molecule has 5 nitrogen and oxygen atoms in total. The molecule has 0 aromatic rings. The zero-order chi connectivity index (χ0) is 15.7. The smallest absolute Gasteiger partial charge is 0.251 e. The Morgan fingerprint density at radius 3 is 2.50 bits per heavy atom. The van der Waals surface area contributed by atoms with Crippen molar-refractivity contribution in [2.24, 2.45) is 10.9 Å². The highest BCUT2D eigenvalue weighted by molar-refractivity contribution is 14.0. The van der Waals surface area contributed by atoms with Gasteiger partial charge >= 0.3 is 0 Å². The zero-order valence-corrected chi connectivity index (χ0v) is 15.7. The third-order valence-corrected chi connectivity index (χ3v) is 3.54. The van der Waals surface area contributed by atoms with E-state index in [1.165, 1.54) is 0 Å². The summed E-state index contributed by atoms with van der Waals surface area (Å²) in [5.74, 6) is 0.874. The van der Waals surface area contributed by atoms with Gasteiger partial charge in [-0.2, -0.15) is 0 Å². The number of nitrogens with one attached hydrogen (secondary N) is 2. The van der Waals surface area contributed by atoms with Crippen LogP contribution in [0.2, 0.25) is 0 Å². The summed E-state index contributed by atoms with van der Waals surface area (Å²) in [7, 11) is 0. The number of likely N-dealkylation sites (tertiary alicyclic amines) is 1. The van der Waals surface area contributed by atoms with Crippen molar-refractivity contribution in [3.8, 4) is 0 Å². The fraction of sp³-hybridized carbons (Fsp3) is 0.929. The van der Waals surface area contributed by atoms with E-state index in [4.69, 9.17) is 5.11 Å². The Bertz CT molecular complexity index is 313. The molecule has 1 heterocycles. The molecule has 0 radical (unpaired) electrons. The second-order valence-electron chi connectivity index (χ2n) is 5.62. The van der Waals surface area contributed by atoms with Gasteiger partial charge < -0.3 is 15.7 Å². The van der Waals surface area contributed by atoms with Gasteiger partial charge in [-0.25, -0.2) is 8.78 Å². The van der Waals surface area contributed by atoms with Crippen molar-refractivity contribution in [2.45, 2.75) is 39.2 Å². The summed E-state index contributed by atoms with van der Waals surface area (Å²) >= 11 is 0. The van der Waals surface area contributed by atoms with E-state index >= 15 is 0 Å². The predicted molar refractivity (Wildman–Crippen MR) is 96.2 cm³/mol. The molecule has 1 aliphatic heterocycles. The number of nitrogens with zero attached hydrogens (tertiary/aromatic N) is 2. The molecule has 22 heavy (non-hydrogen) atoms. The molecule has 1 aliphatic rings. The third kappa shape index (κ3) is 9.04. The van der Waals surface area contributed by atoms with Gasteiger partial charge in [0.2, 0.25) is 0 Å². The fourth-order valence-corrected chi connectivity index (χ4v) is 2.27. The van der Waals surface area contributed by atoms with Crippen molar-refractivity contribution in [3.05, 3.63) is 0 Å². The molecule has 1 unspecified atom stereocenters. The summed E-state index contributed by atoms with van der Waals surface area (Å²) in [6.07, 6.45) is -0.576. The maximum atomic E-state index is 12.3. The molecule has 8 heteroatoms. The van der Waals surface area contributed by atoms with Gasteiger partial charge in [0.25, 0.3) is 6.43 Å². The maximum absolute atomic E-state index is 12.3. The summed E-state index contributed by atoms with van der Waals surface area (Å²) in [4.78, 5) is 6.25. The fourth-order valence-electron chi connectivity index (χ4n) is 2.27. The lowest BCUT2D eigenvalue weighted by Gasteiger charge is -2.32. The average Bonchev–Trinajstić information content (AvgIpc) is 2.46. The number of alkyl halides is 2. The Labute approximate surface area is 149 Å². The van der Waals surface area contributed by atoms with E-state index in [1.807, 2.05) is 13.8 Å². The average molecular weight is 434 g/mol. The van der Waals surface area contributed by atoms with Gasteiger partial charge in [-0.1, -0.05) is 6.92 Å². The summed E-state index contributed by atoms with van der Waals surface area (Å²) in [5.41, 5.74) is 0. The largest absolute Gasteiger partial charge is 0.396 e. The van der Waals surface area contributed by atoms with E-state index in [-0.39, 0.29) is 49.1 Å². The Morgan fingerprint density at radius 1 is 1.36 bits per heavy atom. The topological polar surface area (TPSA) is 59.9 Å². The number of piperidine rings is 1. The summed E-state index contributed by atoms with van der Waals surface area (Å²) < 4.78 is 24.7. The summed E-state index contributed by atoms with van der Waals surface area (Å²) in [5, 5.41) is 15.6. The molecule has 0 saturated carbocycles. The lowest BCUT2D eigenvalue weighted by atomic mass is 10.1. The van der Waals surface area contributed by atoms with Gasteiger partial charge in [0.05, 0.1) is 6.54 Å². The molecule has 0 spiro atoms. The molecular weight excluding hydrogens is 405 g/mol. The van der Waals surface area contributed by atoms with Crippen molar-refractivity contribution in [2.75, 3.05) is 39.3 Å². The van der Waals surface area contributed by atoms with Gasteiger partial charge in [0, 0.05) is 38.8 Å². The van der Waals surface area contributed by atoms with Gasteiger partial charge in [-0.15, -0.1) is 24.0 Å². The van der Waals surface area contributed by atoms with Crippen molar-refractivity contribution in [1.29, 1.82) is 0 Å². The van der Waals surface area contributed by atoms with Crippen LogP contribution in [0.1, 0.15) is 26.7 Å². The molecule has 0 aliphatic carbocycles. The van der Waals surface area contributed by atoms with E-state index in [1.54, 1.807) is 4.90 Å². The van der Waals surface area contributed by atoms with E-state index in [9.17, 15) is 8.78 Å². The maximum Gasteiger partial charge on any atom is 0.251 e. The first-order chi connectivity index (χ1) is 10.0. The van der Waals surface area contributed by atoms with Gasteiger partial charge in [0.1, 0.15) is 0 Å². The minimum absolute atomic E-state index is 0. The molecule has 0 bridgehead atoms. The first-order valence-electron chi connectivity index (χ1n) is 7.71. The number of guanidine groups is 1. The van der Waals surface area contributed by atoms with Crippen LogP contribution < -0.4 is 10.6 Å². The standard InChI is InChI=1S/C14H28F2N4O.HI/c1-3-17-14(18-8-11(2)10-21)19-12-4-6-20(7-5-12)9-13(15)16;/h11-13,21H,3-10H2,1-2H3,(H2,17,18,19);1H. The molecule has 1 rings (SSSR count). The highest BCUT2D eigenvalue weighted by Gasteiger charge is 2.21. The Hall–Kier alpha value is -0.220. The van der Waals surface area contributed by atoms with Crippen molar-refractivity contribution >= 4 is 29.9 Å². The molecule has 0 amide bonds. The van der Waals surface area contributed by atoms with Gasteiger partial charge in [-0.05, 0) is 25.7 Å². The molecule has 132 valence electrons. The number of rotatable bonds is 7. The van der Waals surface area contributed by atoms with Crippen molar-refractivity contribution in [1.82, 2.24) is 15.5 Å². The van der Waals surface area contributed by atoms with Crippen LogP contribution in [0.15, 0.2) is 4.99 Å². The molecular formula is C14H29F2IN4O. The SMILES string of the molecule is CCNC(=NCC(C)CO)NC1CCN(CC(F)F)CC1.I. The van der Waals surface area contributed by atoms with Crippen molar-refractivity contribution in [3.63, 3.8) is 0 Å². The van der Waals surface area contributed by atoms with Crippen LogP contribution in [-0.4, -0.2) is 67.8 Å². The van der Waals surface area contributed by atoms with Crippen LogP contribution in [0.5, 0.6) is 0 Å². The normalized spacial score (nSPS) is 18.9. The number of halogens is 3. The second kappa shape index (κ2) is 12.2. The van der Waals surface area contributed by atoms with Crippen LogP contribution in [0, 0.1) is 5.92 Å². The van der Waals surface area contributed by atoms with E-state index in [2.05, 4.69) is 15.6 Å². The third-order valence-electron chi connectivity index (χ3n) is 3.54. The first-order valence-corrected chi connectivity index (χ1v) is 7.71. The number of aliphatic hydroxyl groups is 1. The Balaban J connectivity index is 0.00000441. The van der Waals surface area contributed by atoms with E-state index in [0.717, 1.165) is 25.3 Å². The first kappa shape index (κ1) is 21.8. The van der Waals surface area contributed by atoms with Crippen LogP contribution in [-0.2, 0) is 0 Å². The monoisotopic (exact) mass is 434 g/mol. The molecule has 1 atom stereocenters. The number of hydrogen-bond donors (Lipinski definition) is 3. The van der Waals surface area contributed by atoms with E-state index in [0.29, 0.717) is 19.6 Å². The minimum Gasteiger partial charge on any atom is -0.396 e. The lowest BCUT2D eigenvalue weighted by molar-refractivity contribution is 0.0744. The molecule has 3 N–H and O–H groups in total. The molecule has 1 saturated heterocycles. The molecule has 0 aromatic heterocycles. The zero-order valence-electron chi connectivity index (χ0n) is 13.4. The van der Waals surface area contributed by atoms with Crippen LogP contribution in [0.3, 0.4) is 0 Å². The summed E-state index contributed by atoms with van der Waals surface area (Å²) in [6.45, 7) is 6.64. The second-order valence-corrected chi connectivity index (χ2v) is 5.62. The highest BCUT2D eigenvalue weighted by Crippen LogP contribution is 2.11. The highest BCUT2D eigenvalue weighted by atomic mass is 127. The minimum atomic E-state index is -2.26. The predicted octanol–water partition coefficient (Wildman–Crippen LogP) is 1.52.